The molecule has 2 aliphatic rings. The Kier molecular flexibility index (Phi) is 8.76. The lowest BCUT2D eigenvalue weighted by atomic mass is 10.1. The van der Waals surface area contributed by atoms with Gasteiger partial charge in [-0.05, 0) is 37.5 Å². The maximum atomic E-state index is 13.4. The number of carbonyl (C=O) groups is 3. The number of hydrogen-bond acceptors (Lipinski definition) is 6. The van der Waals surface area contributed by atoms with Crippen molar-refractivity contribution < 1.29 is 14.4 Å². The van der Waals surface area contributed by atoms with Crippen LogP contribution in [0.15, 0.2) is 58.5 Å². The zero-order valence-electron chi connectivity index (χ0n) is 21.5. The fraction of sp³-hybridized carbons (Fsp3) is 0.393. The van der Waals surface area contributed by atoms with Gasteiger partial charge < -0.3 is 10.6 Å². The van der Waals surface area contributed by atoms with E-state index in [1.807, 2.05) is 62.4 Å². The number of amides is 3. The summed E-state index contributed by atoms with van der Waals surface area (Å²) in [5.41, 5.74) is 3.62. The number of unbranched alkanes of at least 4 members (excludes halogenated alkanes) is 1. The number of amidine groups is 2. The molecule has 0 aromatic heterocycles. The Labute approximate surface area is 222 Å². The molecule has 194 valence electrons. The maximum absolute atomic E-state index is 13.4. The van der Waals surface area contributed by atoms with Crippen molar-refractivity contribution in [3.63, 3.8) is 0 Å². The first-order chi connectivity index (χ1) is 17.9. The topological polar surface area (TPSA) is 103 Å². The van der Waals surface area contributed by atoms with Crippen molar-refractivity contribution in [2.45, 2.75) is 64.3 Å². The molecule has 9 heteroatoms. The van der Waals surface area contributed by atoms with Crippen LogP contribution in [-0.4, -0.2) is 51.5 Å². The second-order valence-electron chi connectivity index (χ2n) is 9.18. The van der Waals surface area contributed by atoms with E-state index in [9.17, 15) is 14.4 Å². The van der Waals surface area contributed by atoms with Crippen LogP contribution >= 0.6 is 11.8 Å². The van der Waals surface area contributed by atoms with Crippen LogP contribution < -0.4 is 10.6 Å². The Morgan fingerprint density at radius 3 is 2.57 bits per heavy atom. The third-order valence-electron chi connectivity index (χ3n) is 6.28. The third kappa shape index (κ3) is 6.28. The van der Waals surface area contributed by atoms with Gasteiger partial charge in [0.15, 0.2) is 5.17 Å². The van der Waals surface area contributed by atoms with Crippen molar-refractivity contribution >= 4 is 46.2 Å². The van der Waals surface area contributed by atoms with E-state index in [2.05, 4.69) is 22.5 Å². The lowest BCUT2D eigenvalue weighted by Crippen LogP contribution is -2.43. The smallest absolute Gasteiger partial charge is 0.259 e. The van der Waals surface area contributed by atoms with E-state index >= 15 is 0 Å². The Balaban J connectivity index is 1.50. The summed E-state index contributed by atoms with van der Waals surface area (Å²) in [6, 6.07) is 14.7. The maximum Gasteiger partial charge on any atom is 0.259 e. The number of rotatable bonds is 10. The number of aryl methyl sites for hydroxylation is 1. The van der Waals surface area contributed by atoms with Gasteiger partial charge in [0.05, 0.1) is 17.4 Å². The number of benzene rings is 2. The van der Waals surface area contributed by atoms with Crippen molar-refractivity contribution in [1.82, 2.24) is 15.5 Å². The number of thioether (sulfide) groups is 1. The summed E-state index contributed by atoms with van der Waals surface area (Å²) in [7, 11) is 0. The molecule has 3 amide bonds. The molecule has 0 bridgehead atoms. The average Bonchev–Trinajstić information content (AvgIpc) is 3.23. The second kappa shape index (κ2) is 12.2. The largest absolute Gasteiger partial charge is 0.356 e. The SMILES string of the molecule is CCCCNC(=O)C[C@@H]1N=C2c3ccccc3N=C(S[C@H](CC)C(=O)NCc3ccc(C)cc3)N2C1=O. The first-order valence-corrected chi connectivity index (χ1v) is 13.7. The van der Waals surface area contributed by atoms with Crippen LogP contribution in [0.1, 0.15) is 56.2 Å². The third-order valence-corrected chi connectivity index (χ3v) is 7.59. The molecular formula is C28H33N5O3S. The van der Waals surface area contributed by atoms with Crippen LogP contribution in [0, 0.1) is 6.92 Å². The van der Waals surface area contributed by atoms with Gasteiger partial charge in [0, 0.05) is 18.7 Å². The van der Waals surface area contributed by atoms with E-state index in [0.717, 1.165) is 29.5 Å². The summed E-state index contributed by atoms with van der Waals surface area (Å²) in [4.78, 5) is 49.8. The molecule has 2 aromatic rings. The molecule has 2 N–H and O–H groups in total. The Bertz CT molecular complexity index is 1220. The zero-order chi connectivity index (χ0) is 26.4. The van der Waals surface area contributed by atoms with Gasteiger partial charge in [-0.25, -0.2) is 9.89 Å². The van der Waals surface area contributed by atoms with Gasteiger partial charge in [-0.3, -0.25) is 19.4 Å². The predicted molar refractivity (Wildman–Crippen MR) is 148 cm³/mol. The van der Waals surface area contributed by atoms with Crippen LogP contribution in [0.2, 0.25) is 0 Å². The van der Waals surface area contributed by atoms with Gasteiger partial charge in [0.25, 0.3) is 5.91 Å². The molecule has 4 rings (SSSR count). The molecule has 37 heavy (non-hydrogen) atoms. The summed E-state index contributed by atoms with van der Waals surface area (Å²) in [5, 5.41) is 5.84. The standard InChI is InChI=1S/C28H33N5O3S/c1-4-6-15-29-24(34)16-22-27(36)33-25(31-22)20-9-7-8-10-21(20)32-28(33)37-23(5-2)26(35)30-17-19-13-11-18(3)12-14-19/h7-14,22-23H,4-6,15-17H2,1-3H3,(H,29,34)(H,30,35)/t22-,23+/m0/s1. The Hall–Kier alpha value is -3.46. The van der Waals surface area contributed by atoms with Crippen molar-refractivity contribution in [1.29, 1.82) is 0 Å². The van der Waals surface area contributed by atoms with Crippen molar-refractivity contribution in [3.8, 4) is 0 Å². The summed E-state index contributed by atoms with van der Waals surface area (Å²) < 4.78 is 0. The lowest BCUT2D eigenvalue weighted by Gasteiger charge is -2.27. The Morgan fingerprint density at radius 1 is 1.08 bits per heavy atom. The highest BCUT2D eigenvalue weighted by atomic mass is 32.2. The van der Waals surface area contributed by atoms with Crippen LogP contribution in [0.25, 0.3) is 0 Å². The van der Waals surface area contributed by atoms with Gasteiger partial charge in [-0.1, -0.05) is 74.0 Å². The number of carbonyl (C=O) groups excluding carboxylic acids is 3. The number of hydrogen-bond donors (Lipinski definition) is 2. The van der Waals surface area contributed by atoms with Gasteiger partial charge in [-0.15, -0.1) is 0 Å². The van der Waals surface area contributed by atoms with Crippen molar-refractivity contribution in [2.24, 2.45) is 9.98 Å². The van der Waals surface area contributed by atoms with E-state index < -0.39 is 11.3 Å². The molecule has 2 atom stereocenters. The Morgan fingerprint density at radius 2 is 1.84 bits per heavy atom. The summed E-state index contributed by atoms with van der Waals surface area (Å²) in [5.74, 6) is -0.125. The zero-order valence-corrected chi connectivity index (χ0v) is 22.3. The summed E-state index contributed by atoms with van der Waals surface area (Å²) >= 11 is 1.25. The molecule has 0 saturated carbocycles. The molecule has 0 spiro atoms. The molecule has 0 aliphatic carbocycles. The minimum absolute atomic E-state index is 0.0170. The fourth-order valence-corrected chi connectivity index (χ4v) is 5.17. The molecule has 0 unspecified atom stereocenters. The molecule has 0 radical (unpaired) electrons. The minimum atomic E-state index is -0.816. The van der Waals surface area contributed by atoms with Crippen LogP contribution in [-0.2, 0) is 20.9 Å². The number of para-hydroxylation sites is 1. The highest BCUT2D eigenvalue weighted by Gasteiger charge is 2.43. The first-order valence-electron chi connectivity index (χ1n) is 12.8. The lowest BCUT2D eigenvalue weighted by molar-refractivity contribution is -0.128. The van der Waals surface area contributed by atoms with Crippen molar-refractivity contribution in [2.75, 3.05) is 6.54 Å². The number of aliphatic imine (C=N–C) groups is 2. The molecule has 2 aromatic carbocycles. The van der Waals surface area contributed by atoms with Gasteiger partial charge >= 0.3 is 0 Å². The quantitative estimate of drug-likeness (QED) is 0.462. The van der Waals surface area contributed by atoms with E-state index in [-0.39, 0.29) is 24.1 Å². The second-order valence-corrected chi connectivity index (χ2v) is 10.3. The monoisotopic (exact) mass is 519 g/mol. The van der Waals surface area contributed by atoms with Crippen LogP contribution in [0.4, 0.5) is 5.69 Å². The summed E-state index contributed by atoms with van der Waals surface area (Å²) in [6.07, 6.45) is 2.40. The minimum Gasteiger partial charge on any atom is -0.356 e. The van der Waals surface area contributed by atoms with Gasteiger partial charge in [0.2, 0.25) is 11.8 Å². The van der Waals surface area contributed by atoms with Crippen LogP contribution in [0.3, 0.4) is 0 Å². The average molecular weight is 520 g/mol. The molecule has 2 aliphatic heterocycles. The van der Waals surface area contributed by atoms with Gasteiger partial charge in [0.1, 0.15) is 11.9 Å². The van der Waals surface area contributed by atoms with Gasteiger partial charge in [-0.2, -0.15) is 0 Å². The van der Waals surface area contributed by atoms with Crippen molar-refractivity contribution in [3.05, 3.63) is 65.2 Å². The first kappa shape index (κ1) is 26.6. The normalized spacial score (nSPS) is 16.9. The highest BCUT2D eigenvalue weighted by Crippen LogP contribution is 2.35. The fourth-order valence-electron chi connectivity index (χ4n) is 4.12. The highest BCUT2D eigenvalue weighted by molar-refractivity contribution is 8.15. The van der Waals surface area contributed by atoms with Crippen LogP contribution in [0.5, 0.6) is 0 Å². The molecule has 8 nitrogen and oxygen atoms in total. The van der Waals surface area contributed by atoms with E-state index in [1.54, 1.807) is 0 Å². The number of nitrogens with zero attached hydrogens (tertiary/aromatic N) is 3. The molecule has 0 fully saturated rings. The summed E-state index contributed by atoms with van der Waals surface area (Å²) in [6.45, 7) is 7.02. The molecule has 0 saturated heterocycles. The predicted octanol–water partition coefficient (Wildman–Crippen LogP) is 4.09. The van der Waals surface area contributed by atoms with E-state index in [0.29, 0.717) is 36.2 Å². The number of nitrogens with one attached hydrogen (secondary N) is 2. The van der Waals surface area contributed by atoms with E-state index in [1.165, 1.54) is 16.7 Å². The molecular weight excluding hydrogens is 486 g/mol. The molecule has 2 heterocycles. The van der Waals surface area contributed by atoms with E-state index in [4.69, 9.17) is 4.99 Å². The number of fused-ring (bicyclic) bond motifs is 3.